The van der Waals surface area contributed by atoms with Crippen molar-refractivity contribution in [1.29, 1.82) is 0 Å². The summed E-state index contributed by atoms with van der Waals surface area (Å²) >= 11 is 6.36. The van der Waals surface area contributed by atoms with Gasteiger partial charge in [-0.05, 0) is 36.4 Å². The van der Waals surface area contributed by atoms with Crippen LogP contribution in [-0.4, -0.2) is 33.5 Å². The van der Waals surface area contributed by atoms with Crippen LogP contribution in [0.2, 0.25) is 0 Å². The summed E-state index contributed by atoms with van der Waals surface area (Å²) < 4.78 is 44.6. The summed E-state index contributed by atoms with van der Waals surface area (Å²) in [6.45, 7) is -0.365. The van der Waals surface area contributed by atoms with Gasteiger partial charge in [0.1, 0.15) is 16.6 Å². The van der Waals surface area contributed by atoms with E-state index in [1.165, 1.54) is 28.2 Å². The molecule has 7 nitrogen and oxygen atoms in total. The molecule has 0 radical (unpaired) electrons. The Labute approximate surface area is 217 Å². The van der Waals surface area contributed by atoms with Crippen LogP contribution in [0.1, 0.15) is 16.9 Å². The molecule has 12 heteroatoms. The minimum atomic E-state index is -4.57. The number of alkyl halides is 3. The number of nitrogens with zero attached hydrogens (tertiary/aromatic N) is 2. The van der Waals surface area contributed by atoms with E-state index in [1.807, 2.05) is 0 Å². The molecule has 0 aliphatic carbocycles. The van der Waals surface area contributed by atoms with Crippen molar-refractivity contribution in [3.05, 3.63) is 88.7 Å². The molecule has 2 aliphatic heterocycles. The second kappa shape index (κ2) is 9.52. The smallest absolute Gasteiger partial charge is 0.416 e. The van der Waals surface area contributed by atoms with Gasteiger partial charge in [-0.1, -0.05) is 48.2 Å². The summed E-state index contributed by atoms with van der Waals surface area (Å²) in [7, 11) is 0. The molecule has 0 saturated carbocycles. The molecule has 1 N–H and O–H groups in total. The third kappa shape index (κ3) is 4.77. The lowest BCUT2D eigenvalue weighted by atomic mass is 10.1. The molecule has 5 rings (SSSR count). The van der Waals surface area contributed by atoms with Crippen molar-refractivity contribution in [3.63, 3.8) is 0 Å². The molecule has 37 heavy (non-hydrogen) atoms. The fourth-order valence-corrected chi connectivity index (χ4v) is 5.34. The van der Waals surface area contributed by atoms with Crippen LogP contribution < -0.4 is 10.2 Å². The maximum atomic E-state index is 13.5. The number of halogens is 3. The number of anilines is 2. The van der Waals surface area contributed by atoms with Crippen molar-refractivity contribution in [2.75, 3.05) is 16.8 Å². The summed E-state index contributed by atoms with van der Waals surface area (Å²) in [4.78, 5) is 42.1. The number of hydrogen-bond donors (Lipinski definition) is 1. The molecule has 1 saturated heterocycles. The van der Waals surface area contributed by atoms with E-state index in [-0.39, 0.29) is 27.0 Å². The number of nitrogens with one attached hydrogen (secondary N) is 1. The zero-order chi connectivity index (χ0) is 26.3. The fourth-order valence-electron chi connectivity index (χ4n) is 4.02. The van der Waals surface area contributed by atoms with Gasteiger partial charge in [-0.2, -0.15) is 13.2 Å². The standard InChI is InChI=1S/C25H16F3N3O4S2/c26-25(27,28)14-5-3-6-15(11-14)29-19(32)13-30-18-9-2-1-8-17(18)20(22(30)33)21-23(34)31(24(36)37-21)12-16-7-4-10-35-16/h1-11H,12-13H2,(H,29,32)/b21-20+. The van der Waals surface area contributed by atoms with Gasteiger partial charge in [-0.15, -0.1) is 0 Å². The largest absolute Gasteiger partial charge is 0.467 e. The molecule has 0 unspecified atom stereocenters. The van der Waals surface area contributed by atoms with Gasteiger partial charge in [0, 0.05) is 11.3 Å². The van der Waals surface area contributed by atoms with E-state index in [2.05, 4.69) is 5.32 Å². The number of benzene rings is 2. The van der Waals surface area contributed by atoms with E-state index < -0.39 is 36.0 Å². The van der Waals surface area contributed by atoms with Crippen LogP contribution in [0.5, 0.6) is 0 Å². The van der Waals surface area contributed by atoms with Crippen molar-refractivity contribution >= 4 is 63.0 Å². The predicted octanol–water partition coefficient (Wildman–Crippen LogP) is 5.06. The number of furan rings is 1. The van der Waals surface area contributed by atoms with Crippen LogP contribution >= 0.6 is 24.0 Å². The molecule has 1 aromatic heterocycles. The highest BCUT2D eigenvalue weighted by molar-refractivity contribution is 8.26. The van der Waals surface area contributed by atoms with Crippen LogP contribution in [0.4, 0.5) is 24.5 Å². The lowest BCUT2D eigenvalue weighted by Crippen LogP contribution is -2.35. The third-order valence-corrected chi connectivity index (χ3v) is 7.12. The van der Waals surface area contributed by atoms with E-state index in [4.69, 9.17) is 16.6 Å². The highest BCUT2D eigenvalue weighted by Gasteiger charge is 2.42. The third-order valence-electron chi connectivity index (χ3n) is 5.67. The molecular formula is C25H16F3N3O4S2. The van der Waals surface area contributed by atoms with Gasteiger partial charge in [0.05, 0.1) is 34.5 Å². The molecule has 3 heterocycles. The normalized spacial score (nSPS) is 17.5. The molecule has 1 fully saturated rings. The van der Waals surface area contributed by atoms with Crippen molar-refractivity contribution in [2.24, 2.45) is 0 Å². The summed E-state index contributed by atoms with van der Waals surface area (Å²) in [5.74, 6) is -1.22. The van der Waals surface area contributed by atoms with E-state index >= 15 is 0 Å². The first-order chi connectivity index (χ1) is 17.6. The molecule has 3 amide bonds. The number of para-hydroxylation sites is 1. The molecule has 3 aromatic rings. The molecule has 0 atom stereocenters. The van der Waals surface area contributed by atoms with E-state index in [9.17, 15) is 27.6 Å². The van der Waals surface area contributed by atoms with Crippen molar-refractivity contribution in [2.45, 2.75) is 12.7 Å². The predicted molar refractivity (Wildman–Crippen MR) is 135 cm³/mol. The summed E-state index contributed by atoms with van der Waals surface area (Å²) in [6.07, 6.45) is -3.09. The first kappa shape index (κ1) is 24.8. The van der Waals surface area contributed by atoms with Crippen LogP contribution in [0.25, 0.3) is 5.57 Å². The lowest BCUT2D eigenvalue weighted by molar-refractivity contribution is -0.137. The van der Waals surface area contributed by atoms with E-state index in [0.717, 1.165) is 23.9 Å². The fraction of sp³-hybridized carbons (Fsp3) is 0.120. The van der Waals surface area contributed by atoms with Crippen molar-refractivity contribution in [3.8, 4) is 0 Å². The first-order valence-corrected chi connectivity index (χ1v) is 12.0. The minimum Gasteiger partial charge on any atom is -0.467 e. The molecular weight excluding hydrogens is 527 g/mol. The van der Waals surface area contributed by atoms with Gasteiger partial charge in [-0.25, -0.2) is 0 Å². The van der Waals surface area contributed by atoms with Crippen LogP contribution in [0, 0.1) is 0 Å². The number of thioether (sulfide) groups is 1. The van der Waals surface area contributed by atoms with E-state index in [0.29, 0.717) is 17.0 Å². The second-order valence-electron chi connectivity index (χ2n) is 8.08. The summed E-state index contributed by atoms with van der Waals surface area (Å²) in [5, 5.41) is 2.40. The number of thiocarbonyl (C=S) groups is 1. The SMILES string of the molecule is O=C(CN1C(=O)/C(=C2/SC(=S)N(Cc3ccco3)C2=O)c2ccccc21)Nc1cccc(C(F)(F)F)c1. The monoisotopic (exact) mass is 543 g/mol. The molecule has 0 spiro atoms. The number of carbonyl (C=O) groups excluding carboxylic acids is 3. The number of carbonyl (C=O) groups is 3. The number of hydrogen-bond acceptors (Lipinski definition) is 6. The second-order valence-corrected chi connectivity index (χ2v) is 9.72. The van der Waals surface area contributed by atoms with Crippen LogP contribution in [0.15, 0.2) is 76.2 Å². The Balaban J connectivity index is 1.41. The zero-order valence-corrected chi connectivity index (χ0v) is 20.4. The van der Waals surface area contributed by atoms with E-state index in [1.54, 1.807) is 36.4 Å². The number of amides is 3. The van der Waals surface area contributed by atoms with Gasteiger partial charge in [-0.3, -0.25) is 24.2 Å². The Bertz CT molecular complexity index is 1470. The number of fused-ring (bicyclic) bond motifs is 1. The molecule has 0 bridgehead atoms. The first-order valence-electron chi connectivity index (χ1n) is 10.8. The average Bonchev–Trinajstić information content (AvgIpc) is 3.53. The highest BCUT2D eigenvalue weighted by Crippen LogP contribution is 2.44. The maximum Gasteiger partial charge on any atom is 0.416 e. The van der Waals surface area contributed by atoms with Gasteiger partial charge in [0.15, 0.2) is 0 Å². The summed E-state index contributed by atoms with van der Waals surface area (Å²) in [5.41, 5.74) is 0.00293. The molecule has 188 valence electrons. The van der Waals surface area contributed by atoms with Gasteiger partial charge in [0.2, 0.25) is 5.91 Å². The topological polar surface area (TPSA) is 82.9 Å². The van der Waals surface area contributed by atoms with Gasteiger partial charge >= 0.3 is 6.18 Å². The quantitative estimate of drug-likeness (QED) is 0.358. The molecule has 2 aromatic carbocycles. The van der Waals surface area contributed by atoms with Crippen molar-refractivity contribution < 1.29 is 32.0 Å². The Morgan fingerprint density at radius 3 is 2.51 bits per heavy atom. The van der Waals surface area contributed by atoms with Gasteiger partial charge in [0.25, 0.3) is 11.8 Å². The summed E-state index contributed by atoms with van der Waals surface area (Å²) in [6, 6.07) is 14.2. The zero-order valence-electron chi connectivity index (χ0n) is 18.7. The Morgan fingerprint density at radius 2 is 1.78 bits per heavy atom. The molecule has 2 aliphatic rings. The maximum absolute atomic E-state index is 13.5. The Hall–Kier alpha value is -3.90. The van der Waals surface area contributed by atoms with Crippen LogP contribution in [-0.2, 0) is 27.1 Å². The Morgan fingerprint density at radius 1 is 1.00 bits per heavy atom. The van der Waals surface area contributed by atoms with Crippen LogP contribution in [0.3, 0.4) is 0 Å². The van der Waals surface area contributed by atoms with Crippen molar-refractivity contribution in [1.82, 2.24) is 4.90 Å². The number of rotatable bonds is 5. The minimum absolute atomic E-state index is 0.0567. The average molecular weight is 544 g/mol. The lowest BCUT2D eigenvalue weighted by Gasteiger charge is -2.17. The highest BCUT2D eigenvalue weighted by atomic mass is 32.2. The Kier molecular flexibility index (Phi) is 6.38. The van der Waals surface area contributed by atoms with Gasteiger partial charge < -0.3 is 9.73 Å².